The van der Waals surface area contributed by atoms with Crippen LogP contribution in [0, 0.1) is 5.92 Å². The van der Waals surface area contributed by atoms with E-state index in [0.717, 1.165) is 15.4 Å². The Labute approximate surface area is 96.4 Å². The lowest BCUT2D eigenvalue weighted by Gasteiger charge is -1.97. The molecule has 0 radical (unpaired) electrons. The van der Waals surface area contributed by atoms with Crippen molar-refractivity contribution in [3.63, 3.8) is 0 Å². The Hall–Kier alpha value is -1.09. The van der Waals surface area contributed by atoms with E-state index in [1.807, 2.05) is 32.0 Å². The van der Waals surface area contributed by atoms with Crippen molar-refractivity contribution in [3.8, 4) is 0 Å². The first-order valence-corrected chi connectivity index (χ1v) is 5.60. The normalized spacial score (nSPS) is 11.2. The molecule has 3 heteroatoms. The number of rotatable bonds is 2. The van der Waals surface area contributed by atoms with E-state index in [9.17, 15) is 4.79 Å². The summed E-state index contributed by atoms with van der Waals surface area (Å²) in [6.45, 7) is 3.73. The van der Waals surface area contributed by atoms with Crippen molar-refractivity contribution < 1.29 is 9.21 Å². The SMILES string of the molecule is CC(C)C(=O)c1cc2cc(Br)ccc2o1. The molecule has 0 amide bonds. The van der Waals surface area contributed by atoms with Gasteiger partial charge in [0.1, 0.15) is 5.58 Å². The van der Waals surface area contributed by atoms with Crippen LogP contribution in [0.1, 0.15) is 24.4 Å². The third kappa shape index (κ3) is 1.97. The van der Waals surface area contributed by atoms with Crippen molar-refractivity contribution in [2.75, 3.05) is 0 Å². The summed E-state index contributed by atoms with van der Waals surface area (Å²) in [5.41, 5.74) is 0.752. The molecular formula is C12H11BrO2. The first kappa shape index (κ1) is 10.4. The van der Waals surface area contributed by atoms with Crippen LogP contribution >= 0.6 is 15.9 Å². The summed E-state index contributed by atoms with van der Waals surface area (Å²) in [5.74, 6) is 0.453. The number of ketones is 1. The van der Waals surface area contributed by atoms with Crippen LogP contribution in [-0.2, 0) is 0 Å². The standard InChI is InChI=1S/C12H11BrO2/c1-7(2)12(14)11-6-8-5-9(13)3-4-10(8)15-11/h3-7H,1-2H3. The topological polar surface area (TPSA) is 30.2 Å². The molecule has 2 aromatic rings. The molecule has 2 rings (SSSR count). The number of halogens is 1. The third-order valence-corrected chi connectivity index (χ3v) is 2.74. The highest BCUT2D eigenvalue weighted by atomic mass is 79.9. The summed E-state index contributed by atoms with van der Waals surface area (Å²) in [6.07, 6.45) is 0. The van der Waals surface area contributed by atoms with Crippen LogP contribution in [0.3, 0.4) is 0 Å². The smallest absolute Gasteiger partial charge is 0.200 e. The molecule has 1 heterocycles. The molecule has 0 fully saturated rings. The van der Waals surface area contributed by atoms with Crippen molar-refractivity contribution in [1.29, 1.82) is 0 Å². The van der Waals surface area contributed by atoms with Crippen molar-refractivity contribution in [2.45, 2.75) is 13.8 Å². The maximum atomic E-state index is 11.7. The highest BCUT2D eigenvalue weighted by molar-refractivity contribution is 9.10. The minimum absolute atomic E-state index is 0.0333. The fourth-order valence-corrected chi connectivity index (χ4v) is 1.80. The molecule has 0 N–H and O–H groups in total. The van der Waals surface area contributed by atoms with Crippen LogP contribution in [-0.4, -0.2) is 5.78 Å². The van der Waals surface area contributed by atoms with Gasteiger partial charge < -0.3 is 4.42 Å². The lowest BCUT2D eigenvalue weighted by atomic mass is 10.1. The Kier molecular flexibility index (Phi) is 2.65. The Morgan fingerprint density at radius 3 is 2.73 bits per heavy atom. The number of furan rings is 1. The van der Waals surface area contributed by atoms with Crippen molar-refractivity contribution in [1.82, 2.24) is 0 Å². The molecule has 15 heavy (non-hydrogen) atoms. The second-order valence-electron chi connectivity index (χ2n) is 3.81. The van der Waals surface area contributed by atoms with Gasteiger partial charge in [-0.05, 0) is 24.3 Å². The van der Waals surface area contributed by atoms with Gasteiger partial charge in [-0.3, -0.25) is 4.79 Å². The Morgan fingerprint density at radius 1 is 1.33 bits per heavy atom. The number of carbonyl (C=O) groups is 1. The van der Waals surface area contributed by atoms with Crippen molar-refractivity contribution in [3.05, 3.63) is 34.5 Å². The van der Waals surface area contributed by atoms with Gasteiger partial charge in [0.05, 0.1) is 0 Å². The van der Waals surface area contributed by atoms with Crippen LogP contribution < -0.4 is 0 Å². The molecule has 78 valence electrons. The fourth-order valence-electron chi connectivity index (χ4n) is 1.42. The zero-order valence-electron chi connectivity index (χ0n) is 8.58. The van der Waals surface area contributed by atoms with E-state index in [-0.39, 0.29) is 11.7 Å². The number of Topliss-reactive ketones (excluding diaryl/α,β-unsaturated/α-hetero) is 1. The van der Waals surface area contributed by atoms with E-state index >= 15 is 0 Å². The molecule has 0 saturated carbocycles. The fraction of sp³-hybridized carbons (Fsp3) is 0.250. The van der Waals surface area contributed by atoms with Gasteiger partial charge in [0, 0.05) is 15.8 Å². The molecule has 2 nitrogen and oxygen atoms in total. The number of hydrogen-bond acceptors (Lipinski definition) is 2. The minimum Gasteiger partial charge on any atom is -0.453 e. The largest absolute Gasteiger partial charge is 0.453 e. The van der Waals surface area contributed by atoms with Gasteiger partial charge in [0.15, 0.2) is 5.76 Å². The maximum absolute atomic E-state index is 11.7. The summed E-state index contributed by atoms with van der Waals surface area (Å²) in [4.78, 5) is 11.7. The lowest BCUT2D eigenvalue weighted by Crippen LogP contribution is -2.05. The summed E-state index contributed by atoms with van der Waals surface area (Å²) >= 11 is 3.38. The number of benzene rings is 1. The van der Waals surface area contributed by atoms with Gasteiger partial charge in [-0.2, -0.15) is 0 Å². The predicted octanol–water partition coefficient (Wildman–Crippen LogP) is 4.03. The van der Waals surface area contributed by atoms with Gasteiger partial charge in [-0.1, -0.05) is 29.8 Å². The molecule has 1 aromatic carbocycles. The van der Waals surface area contributed by atoms with Gasteiger partial charge in [-0.25, -0.2) is 0 Å². The molecule has 1 aromatic heterocycles. The Morgan fingerprint density at radius 2 is 2.07 bits per heavy atom. The van der Waals surface area contributed by atoms with Crippen LogP contribution in [0.4, 0.5) is 0 Å². The average molecular weight is 267 g/mol. The summed E-state index contributed by atoms with van der Waals surface area (Å²) in [6, 6.07) is 7.49. The summed E-state index contributed by atoms with van der Waals surface area (Å²) in [5, 5.41) is 0.952. The molecule has 0 bridgehead atoms. The van der Waals surface area contributed by atoms with Gasteiger partial charge in [0.2, 0.25) is 5.78 Å². The van der Waals surface area contributed by atoms with E-state index < -0.39 is 0 Å². The van der Waals surface area contributed by atoms with Gasteiger partial charge in [-0.15, -0.1) is 0 Å². The average Bonchev–Trinajstić information content (AvgIpc) is 2.58. The minimum atomic E-state index is -0.0333. The first-order chi connectivity index (χ1) is 7.08. The van der Waals surface area contributed by atoms with Gasteiger partial charge >= 0.3 is 0 Å². The Bertz CT molecular complexity index is 511. The molecule has 0 aliphatic rings. The maximum Gasteiger partial charge on any atom is 0.200 e. The summed E-state index contributed by atoms with van der Waals surface area (Å²) < 4.78 is 6.46. The highest BCUT2D eigenvalue weighted by Crippen LogP contribution is 2.24. The molecule has 0 aliphatic heterocycles. The molecule has 0 unspecified atom stereocenters. The number of hydrogen-bond donors (Lipinski definition) is 0. The molecule has 0 aliphatic carbocycles. The first-order valence-electron chi connectivity index (χ1n) is 4.81. The Balaban J connectivity index is 2.52. The molecule has 0 saturated heterocycles. The molecule has 0 atom stereocenters. The molecule has 0 spiro atoms. The monoisotopic (exact) mass is 266 g/mol. The van der Waals surface area contributed by atoms with Crippen LogP contribution in [0.25, 0.3) is 11.0 Å². The van der Waals surface area contributed by atoms with E-state index in [0.29, 0.717) is 5.76 Å². The lowest BCUT2D eigenvalue weighted by molar-refractivity contribution is 0.0913. The van der Waals surface area contributed by atoms with E-state index in [4.69, 9.17) is 4.42 Å². The van der Waals surface area contributed by atoms with E-state index in [2.05, 4.69) is 15.9 Å². The van der Waals surface area contributed by atoms with Crippen LogP contribution in [0.15, 0.2) is 33.2 Å². The number of fused-ring (bicyclic) bond motifs is 1. The molecular weight excluding hydrogens is 256 g/mol. The van der Waals surface area contributed by atoms with Crippen LogP contribution in [0.2, 0.25) is 0 Å². The zero-order valence-corrected chi connectivity index (χ0v) is 10.2. The second kappa shape index (κ2) is 3.81. The highest BCUT2D eigenvalue weighted by Gasteiger charge is 2.15. The van der Waals surface area contributed by atoms with Gasteiger partial charge in [0.25, 0.3) is 0 Å². The van der Waals surface area contributed by atoms with Crippen LogP contribution in [0.5, 0.6) is 0 Å². The van der Waals surface area contributed by atoms with E-state index in [1.54, 1.807) is 6.07 Å². The van der Waals surface area contributed by atoms with Crippen molar-refractivity contribution >= 4 is 32.7 Å². The predicted molar refractivity (Wildman–Crippen MR) is 63.1 cm³/mol. The second-order valence-corrected chi connectivity index (χ2v) is 4.73. The van der Waals surface area contributed by atoms with Crippen molar-refractivity contribution in [2.24, 2.45) is 5.92 Å². The zero-order chi connectivity index (χ0) is 11.0. The third-order valence-electron chi connectivity index (χ3n) is 2.25. The quantitative estimate of drug-likeness (QED) is 0.769. The summed E-state index contributed by atoms with van der Waals surface area (Å²) in [7, 11) is 0. The van der Waals surface area contributed by atoms with E-state index in [1.165, 1.54) is 0 Å². The number of carbonyl (C=O) groups excluding carboxylic acids is 1.